The van der Waals surface area contributed by atoms with Crippen molar-refractivity contribution in [2.75, 3.05) is 0 Å². The molecule has 92 valence electrons. The first kappa shape index (κ1) is 13.0. The van der Waals surface area contributed by atoms with E-state index in [1.165, 1.54) is 6.07 Å². The lowest BCUT2D eigenvalue weighted by molar-refractivity contribution is -0.139. The third kappa shape index (κ3) is 3.75. The number of carbonyl (C=O) groups excluding carboxylic acids is 1. The van der Waals surface area contributed by atoms with E-state index >= 15 is 0 Å². The molecule has 1 unspecified atom stereocenters. The van der Waals surface area contributed by atoms with Crippen LogP contribution in [-0.2, 0) is 4.79 Å². The van der Waals surface area contributed by atoms with E-state index in [9.17, 15) is 14.4 Å². The summed E-state index contributed by atoms with van der Waals surface area (Å²) in [6, 6.07) is 1.45. The Hall–Kier alpha value is -2.11. The Kier molecular flexibility index (Phi) is 4.45. The van der Waals surface area contributed by atoms with Gasteiger partial charge in [0.15, 0.2) is 0 Å². The number of carbonyl (C=O) groups is 2. The number of hydrogen-bond acceptors (Lipinski definition) is 4. The van der Waals surface area contributed by atoms with E-state index in [0.717, 1.165) is 12.3 Å². The molecule has 0 fully saturated rings. The van der Waals surface area contributed by atoms with Crippen molar-refractivity contribution in [3.05, 3.63) is 34.4 Å². The fourth-order valence-electron chi connectivity index (χ4n) is 1.27. The third-order valence-corrected chi connectivity index (χ3v) is 2.14. The third-order valence-electron chi connectivity index (χ3n) is 2.14. The van der Waals surface area contributed by atoms with Gasteiger partial charge in [-0.1, -0.05) is 13.3 Å². The Labute approximate surface area is 97.3 Å². The van der Waals surface area contributed by atoms with Crippen molar-refractivity contribution < 1.29 is 19.1 Å². The average molecular weight is 239 g/mol. The van der Waals surface area contributed by atoms with Crippen LogP contribution in [0.15, 0.2) is 27.6 Å². The zero-order valence-electron chi connectivity index (χ0n) is 9.30. The highest BCUT2D eigenvalue weighted by atomic mass is 16.4. The second-order valence-corrected chi connectivity index (χ2v) is 3.50. The number of carboxylic acid groups (broad SMARTS) is 1. The van der Waals surface area contributed by atoms with E-state index in [0.29, 0.717) is 12.8 Å². The molecule has 1 heterocycles. The van der Waals surface area contributed by atoms with E-state index in [1.54, 1.807) is 0 Å². The predicted molar refractivity (Wildman–Crippen MR) is 58.8 cm³/mol. The maximum Gasteiger partial charge on any atom is 0.335 e. The van der Waals surface area contributed by atoms with Gasteiger partial charge in [-0.25, -0.2) is 9.59 Å². The maximum atomic E-state index is 11.6. The summed E-state index contributed by atoms with van der Waals surface area (Å²) in [6.07, 6.45) is 1.99. The lowest BCUT2D eigenvalue weighted by Crippen LogP contribution is -2.40. The van der Waals surface area contributed by atoms with Gasteiger partial charge in [-0.15, -0.1) is 0 Å². The van der Waals surface area contributed by atoms with E-state index in [-0.39, 0.29) is 5.56 Å². The van der Waals surface area contributed by atoms with Crippen LogP contribution in [0.5, 0.6) is 0 Å². The van der Waals surface area contributed by atoms with Crippen LogP contribution in [-0.4, -0.2) is 23.0 Å². The fourth-order valence-corrected chi connectivity index (χ4v) is 1.27. The van der Waals surface area contributed by atoms with Gasteiger partial charge in [-0.2, -0.15) is 0 Å². The molecule has 0 saturated carbocycles. The smallest absolute Gasteiger partial charge is 0.335 e. The molecular formula is C11H13NO5. The van der Waals surface area contributed by atoms with Crippen molar-refractivity contribution in [3.8, 4) is 0 Å². The number of hydrogen-bond donors (Lipinski definition) is 2. The molecule has 0 aliphatic carbocycles. The topological polar surface area (TPSA) is 96.6 Å². The van der Waals surface area contributed by atoms with Crippen LogP contribution in [0.3, 0.4) is 0 Å². The first-order valence-electron chi connectivity index (χ1n) is 5.17. The SMILES string of the molecule is CCCC(NC(=O)c1ccc(=O)oc1)C(=O)O. The van der Waals surface area contributed by atoms with Gasteiger partial charge in [0, 0.05) is 6.07 Å². The Morgan fingerprint density at radius 3 is 2.65 bits per heavy atom. The van der Waals surface area contributed by atoms with Gasteiger partial charge < -0.3 is 14.8 Å². The minimum Gasteiger partial charge on any atom is -0.480 e. The maximum absolute atomic E-state index is 11.6. The van der Waals surface area contributed by atoms with Crippen LogP contribution in [0.1, 0.15) is 30.1 Å². The Morgan fingerprint density at radius 1 is 1.47 bits per heavy atom. The molecule has 0 saturated heterocycles. The summed E-state index contributed by atoms with van der Waals surface area (Å²) in [5, 5.41) is 11.2. The zero-order valence-corrected chi connectivity index (χ0v) is 9.30. The standard InChI is InChI=1S/C11H13NO5/c1-2-3-8(11(15)16)12-10(14)7-4-5-9(13)17-6-7/h4-6,8H,2-3H2,1H3,(H,12,14)(H,15,16). The summed E-state index contributed by atoms with van der Waals surface area (Å²) in [6.45, 7) is 1.82. The molecule has 0 aromatic carbocycles. The molecular weight excluding hydrogens is 226 g/mol. The van der Waals surface area contributed by atoms with Gasteiger partial charge in [0.2, 0.25) is 0 Å². The van der Waals surface area contributed by atoms with Crippen molar-refractivity contribution in [1.29, 1.82) is 0 Å². The summed E-state index contributed by atoms with van der Waals surface area (Å²) in [7, 11) is 0. The van der Waals surface area contributed by atoms with Crippen LogP contribution < -0.4 is 10.9 Å². The quantitative estimate of drug-likeness (QED) is 0.785. The molecule has 1 atom stereocenters. The Balaban J connectivity index is 2.73. The number of amides is 1. The monoisotopic (exact) mass is 239 g/mol. The van der Waals surface area contributed by atoms with Crippen LogP contribution in [0.2, 0.25) is 0 Å². The molecule has 1 aromatic heterocycles. The molecule has 0 bridgehead atoms. The molecule has 1 rings (SSSR count). The van der Waals surface area contributed by atoms with Gasteiger partial charge >= 0.3 is 11.6 Å². The Morgan fingerprint density at radius 2 is 2.18 bits per heavy atom. The summed E-state index contributed by atoms with van der Waals surface area (Å²) >= 11 is 0. The summed E-state index contributed by atoms with van der Waals surface area (Å²) < 4.78 is 4.52. The highest BCUT2D eigenvalue weighted by Gasteiger charge is 2.19. The summed E-state index contributed by atoms with van der Waals surface area (Å²) in [5.41, 5.74) is -0.447. The zero-order chi connectivity index (χ0) is 12.8. The number of aliphatic carboxylic acids is 1. The molecule has 0 aliphatic heterocycles. The van der Waals surface area contributed by atoms with Gasteiger partial charge in [0.1, 0.15) is 12.3 Å². The number of nitrogens with one attached hydrogen (secondary N) is 1. The van der Waals surface area contributed by atoms with E-state index < -0.39 is 23.5 Å². The second-order valence-electron chi connectivity index (χ2n) is 3.50. The summed E-state index contributed by atoms with van der Waals surface area (Å²) in [5.74, 6) is -1.66. The highest BCUT2D eigenvalue weighted by Crippen LogP contribution is 2.01. The molecule has 1 aromatic rings. The minimum atomic E-state index is -1.09. The molecule has 0 aliphatic rings. The Bertz CT molecular complexity index is 445. The molecule has 1 amide bonds. The minimum absolute atomic E-state index is 0.118. The number of carboxylic acids is 1. The predicted octanol–water partition coefficient (Wildman–Crippen LogP) is 0.623. The average Bonchev–Trinajstić information content (AvgIpc) is 2.29. The van der Waals surface area contributed by atoms with Crippen LogP contribution >= 0.6 is 0 Å². The van der Waals surface area contributed by atoms with Gasteiger partial charge in [0.05, 0.1) is 5.56 Å². The fraction of sp³-hybridized carbons (Fsp3) is 0.364. The molecule has 17 heavy (non-hydrogen) atoms. The van der Waals surface area contributed by atoms with Crippen molar-refractivity contribution in [1.82, 2.24) is 5.32 Å². The van der Waals surface area contributed by atoms with Crippen LogP contribution in [0.4, 0.5) is 0 Å². The largest absolute Gasteiger partial charge is 0.480 e. The van der Waals surface area contributed by atoms with Crippen LogP contribution in [0.25, 0.3) is 0 Å². The van der Waals surface area contributed by atoms with Gasteiger partial charge in [-0.05, 0) is 12.5 Å². The molecule has 0 radical (unpaired) electrons. The lowest BCUT2D eigenvalue weighted by Gasteiger charge is -2.12. The molecule has 2 N–H and O–H groups in total. The first-order valence-corrected chi connectivity index (χ1v) is 5.17. The van der Waals surface area contributed by atoms with E-state index in [4.69, 9.17) is 5.11 Å². The van der Waals surface area contributed by atoms with Crippen molar-refractivity contribution in [2.24, 2.45) is 0 Å². The summed E-state index contributed by atoms with van der Waals surface area (Å²) in [4.78, 5) is 33.1. The van der Waals surface area contributed by atoms with E-state index in [1.807, 2.05) is 6.92 Å². The van der Waals surface area contributed by atoms with Gasteiger partial charge in [0.25, 0.3) is 5.91 Å². The normalized spacial score (nSPS) is 11.8. The second kappa shape index (κ2) is 5.83. The van der Waals surface area contributed by atoms with Crippen molar-refractivity contribution in [3.63, 3.8) is 0 Å². The molecule has 6 nitrogen and oxygen atoms in total. The molecule has 0 spiro atoms. The van der Waals surface area contributed by atoms with Gasteiger partial charge in [-0.3, -0.25) is 4.79 Å². The van der Waals surface area contributed by atoms with Crippen molar-refractivity contribution in [2.45, 2.75) is 25.8 Å². The first-order chi connectivity index (χ1) is 8.04. The lowest BCUT2D eigenvalue weighted by atomic mass is 10.1. The number of rotatable bonds is 5. The van der Waals surface area contributed by atoms with Crippen molar-refractivity contribution >= 4 is 11.9 Å². The van der Waals surface area contributed by atoms with Crippen LogP contribution in [0, 0.1) is 0 Å². The molecule has 6 heteroatoms. The van der Waals surface area contributed by atoms with E-state index in [2.05, 4.69) is 9.73 Å². The highest BCUT2D eigenvalue weighted by molar-refractivity contribution is 5.96.